The molecular weight excluding hydrogens is 383 g/mol. The molecule has 0 amide bonds. The number of hydrogen-bond donors (Lipinski definition) is 1. The number of aromatic nitrogens is 3. The first-order valence-corrected chi connectivity index (χ1v) is 9.94. The first kappa shape index (κ1) is 20.0. The number of likely N-dealkylation sites (tertiary alicyclic amines) is 1. The minimum atomic E-state index is -4.34. The number of nitrogens with zero attached hydrogens (tertiary/aromatic N) is 4. The van der Waals surface area contributed by atoms with Crippen molar-refractivity contribution in [3.63, 3.8) is 0 Å². The number of benzene rings is 1. The van der Waals surface area contributed by atoms with Crippen LogP contribution >= 0.6 is 0 Å². The van der Waals surface area contributed by atoms with Crippen LogP contribution in [0.25, 0.3) is 0 Å². The third kappa shape index (κ3) is 4.19. The summed E-state index contributed by atoms with van der Waals surface area (Å²) in [5, 5.41) is 6.98. The highest BCUT2D eigenvalue weighted by molar-refractivity contribution is 5.37. The number of hydrogen-bond acceptors (Lipinski definition) is 5. The van der Waals surface area contributed by atoms with Gasteiger partial charge in [-0.2, -0.15) is 23.3 Å². The van der Waals surface area contributed by atoms with Gasteiger partial charge in [-0.25, -0.2) is 4.68 Å². The molecule has 1 aromatic carbocycles. The first-order chi connectivity index (χ1) is 13.8. The van der Waals surface area contributed by atoms with Crippen molar-refractivity contribution in [2.45, 2.75) is 51.0 Å². The van der Waals surface area contributed by atoms with Crippen molar-refractivity contribution in [3.05, 3.63) is 35.7 Å². The van der Waals surface area contributed by atoms with Crippen molar-refractivity contribution < 1.29 is 17.9 Å². The van der Waals surface area contributed by atoms with Gasteiger partial charge in [0, 0.05) is 24.7 Å². The van der Waals surface area contributed by atoms with Crippen LogP contribution in [-0.4, -0.2) is 52.1 Å². The minimum absolute atomic E-state index is 0.0217. The molecule has 2 aromatic rings. The Morgan fingerprint density at radius 1 is 1.31 bits per heavy atom. The number of halogens is 3. The molecule has 2 aliphatic rings. The highest BCUT2D eigenvalue weighted by atomic mass is 19.4. The Balaban J connectivity index is 1.48. The number of nitrogens with one attached hydrogen (secondary N) is 1. The molecule has 0 spiro atoms. The lowest BCUT2D eigenvalue weighted by molar-refractivity contribution is -0.174. The van der Waals surface area contributed by atoms with Gasteiger partial charge < -0.3 is 10.1 Å². The zero-order chi connectivity index (χ0) is 20.6. The molecule has 1 aromatic heterocycles. The highest BCUT2D eigenvalue weighted by Gasteiger charge is 2.48. The molecule has 9 heteroatoms. The Morgan fingerprint density at radius 3 is 2.90 bits per heavy atom. The van der Waals surface area contributed by atoms with Crippen molar-refractivity contribution >= 4 is 5.95 Å². The Hall–Kier alpha value is -2.29. The third-order valence-corrected chi connectivity index (χ3v) is 5.98. The molecule has 0 aliphatic carbocycles. The number of anilines is 1. The molecule has 1 saturated heterocycles. The fourth-order valence-electron chi connectivity index (χ4n) is 4.56. The smallest absolute Gasteiger partial charge is 0.411 e. The average molecular weight is 409 g/mol. The monoisotopic (exact) mass is 409 g/mol. The van der Waals surface area contributed by atoms with Crippen LogP contribution in [0.2, 0.25) is 0 Å². The maximum absolute atomic E-state index is 13.6. The molecule has 4 rings (SSSR count). The van der Waals surface area contributed by atoms with Crippen LogP contribution in [0.3, 0.4) is 0 Å². The molecule has 3 heterocycles. The second kappa shape index (κ2) is 7.85. The molecule has 0 saturated carbocycles. The second-order valence-corrected chi connectivity index (χ2v) is 8.02. The lowest BCUT2D eigenvalue weighted by atomic mass is 9.86. The van der Waals surface area contributed by atoms with E-state index in [1.165, 1.54) is 6.33 Å². The highest BCUT2D eigenvalue weighted by Crippen LogP contribution is 2.41. The predicted octanol–water partition coefficient (Wildman–Crippen LogP) is 3.79. The number of methoxy groups -OCH3 is 1. The SMILES string of the molecule is COc1ccc(C)cc1CN1CCC[C@H]([C@@H]2C[C@H](C(F)(F)F)n3ncnc3N2)C1. The maximum Gasteiger partial charge on any atom is 0.411 e. The lowest BCUT2D eigenvalue weighted by Crippen LogP contribution is -2.47. The number of aryl methyl sites for hydroxylation is 1. The van der Waals surface area contributed by atoms with Crippen molar-refractivity contribution in [3.8, 4) is 5.75 Å². The summed E-state index contributed by atoms with van der Waals surface area (Å²) in [5.41, 5.74) is 2.27. The van der Waals surface area contributed by atoms with Gasteiger partial charge in [0.05, 0.1) is 7.11 Å². The molecule has 0 bridgehead atoms. The molecule has 29 heavy (non-hydrogen) atoms. The summed E-state index contributed by atoms with van der Waals surface area (Å²) < 4.78 is 47.2. The first-order valence-electron chi connectivity index (χ1n) is 9.94. The van der Waals surface area contributed by atoms with Gasteiger partial charge in [-0.15, -0.1) is 0 Å². The van der Waals surface area contributed by atoms with E-state index in [-0.39, 0.29) is 24.3 Å². The van der Waals surface area contributed by atoms with Crippen molar-refractivity contribution in [2.24, 2.45) is 5.92 Å². The van der Waals surface area contributed by atoms with E-state index >= 15 is 0 Å². The average Bonchev–Trinajstić information content (AvgIpc) is 3.15. The van der Waals surface area contributed by atoms with Gasteiger partial charge in [0.2, 0.25) is 5.95 Å². The largest absolute Gasteiger partial charge is 0.496 e. The summed E-state index contributed by atoms with van der Waals surface area (Å²) >= 11 is 0. The molecule has 3 atom stereocenters. The number of alkyl halides is 3. The van der Waals surface area contributed by atoms with E-state index in [0.717, 1.165) is 54.0 Å². The molecule has 1 N–H and O–H groups in total. The van der Waals surface area contributed by atoms with Gasteiger partial charge in [0.1, 0.15) is 12.1 Å². The van der Waals surface area contributed by atoms with Crippen LogP contribution in [0.5, 0.6) is 5.75 Å². The predicted molar refractivity (Wildman–Crippen MR) is 103 cm³/mol. The van der Waals surface area contributed by atoms with Crippen LogP contribution < -0.4 is 10.1 Å². The Kier molecular flexibility index (Phi) is 5.42. The van der Waals surface area contributed by atoms with Gasteiger partial charge in [0.15, 0.2) is 6.04 Å². The van der Waals surface area contributed by atoms with Gasteiger partial charge in [-0.05, 0) is 44.7 Å². The van der Waals surface area contributed by atoms with Crippen molar-refractivity contribution in [2.75, 3.05) is 25.5 Å². The van der Waals surface area contributed by atoms with Gasteiger partial charge >= 0.3 is 6.18 Å². The van der Waals surface area contributed by atoms with E-state index in [0.29, 0.717) is 0 Å². The molecule has 158 valence electrons. The van der Waals surface area contributed by atoms with E-state index < -0.39 is 12.2 Å². The fraction of sp³-hybridized carbons (Fsp3) is 0.600. The third-order valence-electron chi connectivity index (χ3n) is 5.98. The number of ether oxygens (including phenoxy) is 1. The zero-order valence-electron chi connectivity index (χ0n) is 16.6. The van der Waals surface area contributed by atoms with E-state index in [2.05, 4.69) is 26.4 Å². The normalized spacial score (nSPS) is 25.3. The Labute approximate surface area is 168 Å². The Morgan fingerprint density at radius 2 is 2.14 bits per heavy atom. The van der Waals surface area contributed by atoms with Crippen molar-refractivity contribution in [1.82, 2.24) is 19.7 Å². The van der Waals surface area contributed by atoms with Crippen LogP contribution in [0.1, 0.15) is 36.4 Å². The summed E-state index contributed by atoms with van der Waals surface area (Å²) in [7, 11) is 1.66. The molecule has 0 unspecified atom stereocenters. The maximum atomic E-state index is 13.6. The quantitative estimate of drug-likeness (QED) is 0.833. The number of rotatable bonds is 4. The zero-order valence-corrected chi connectivity index (χ0v) is 16.6. The van der Waals surface area contributed by atoms with E-state index in [9.17, 15) is 13.2 Å². The molecule has 0 radical (unpaired) electrons. The van der Waals surface area contributed by atoms with Gasteiger partial charge in [-0.3, -0.25) is 4.90 Å². The van der Waals surface area contributed by atoms with E-state index in [4.69, 9.17) is 4.74 Å². The van der Waals surface area contributed by atoms with Gasteiger partial charge in [0.25, 0.3) is 0 Å². The summed E-state index contributed by atoms with van der Waals surface area (Å²) in [5.74, 6) is 1.18. The van der Waals surface area contributed by atoms with Gasteiger partial charge in [-0.1, -0.05) is 17.7 Å². The second-order valence-electron chi connectivity index (χ2n) is 8.02. The topological polar surface area (TPSA) is 55.2 Å². The molecule has 1 fully saturated rings. The van der Waals surface area contributed by atoms with Crippen LogP contribution in [0.4, 0.5) is 19.1 Å². The molecule has 2 aliphatic heterocycles. The summed E-state index contributed by atoms with van der Waals surface area (Å²) in [6.07, 6.45) is -1.32. The lowest BCUT2D eigenvalue weighted by Gasteiger charge is -2.41. The standard InChI is InChI=1S/C20H26F3N5O/c1-13-5-6-17(29-2)15(8-13)11-27-7-3-4-14(10-27)16-9-18(20(21,22)23)28-19(26-16)24-12-25-28/h5-6,8,12,14,16,18H,3-4,7,9-11H2,1-2H3,(H,24,25,26)/t14-,16-,18+/m0/s1. The summed E-state index contributed by atoms with van der Waals surface area (Å²) in [6, 6.07) is 4.19. The van der Waals surface area contributed by atoms with Crippen molar-refractivity contribution in [1.29, 1.82) is 0 Å². The number of piperidine rings is 1. The van der Waals surface area contributed by atoms with Crippen LogP contribution in [-0.2, 0) is 6.54 Å². The van der Waals surface area contributed by atoms with E-state index in [1.54, 1.807) is 7.11 Å². The van der Waals surface area contributed by atoms with E-state index in [1.807, 2.05) is 19.1 Å². The van der Waals surface area contributed by atoms with Crippen LogP contribution in [0, 0.1) is 12.8 Å². The molecular formula is C20H26F3N5O. The van der Waals surface area contributed by atoms with Crippen LogP contribution in [0.15, 0.2) is 24.5 Å². The summed E-state index contributed by atoms with van der Waals surface area (Å²) in [4.78, 5) is 6.31. The summed E-state index contributed by atoms with van der Waals surface area (Å²) in [6.45, 7) is 4.45. The Bertz CT molecular complexity index is 853. The minimum Gasteiger partial charge on any atom is -0.496 e. The fourth-order valence-corrected chi connectivity index (χ4v) is 4.56. The molecule has 6 nitrogen and oxygen atoms in total. The number of fused-ring (bicyclic) bond motifs is 1.